The van der Waals surface area contributed by atoms with Crippen molar-refractivity contribution in [3.63, 3.8) is 0 Å². The zero-order chi connectivity index (χ0) is 45.7. The van der Waals surface area contributed by atoms with E-state index in [-0.39, 0.29) is 12.1 Å². The lowest BCUT2D eigenvalue weighted by Crippen LogP contribution is -2.60. The lowest BCUT2D eigenvalue weighted by Gasteiger charge is -2.42. The highest BCUT2D eigenvalue weighted by Gasteiger charge is 2.43. The van der Waals surface area contributed by atoms with Gasteiger partial charge >= 0.3 is 0 Å². The molecule has 0 aliphatic carbocycles. The third-order valence-corrected chi connectivity index (χ3v) is 15.2. The van der Waals surface area contributed by atoms with Gasteiger partial charge in [0.1, 0.15) is 11.2 Å². The number of aromatic nitrogens is 2. The molecule has 0 fully saturated rings. The molecule has 0 saturated heterocycles. The summed E-state index contributed by atoms with van der Waals surface area (Å²) in [6.07, 6.45) is 0. The van der Waals surface area contributed by atoms with Gasteiger partial charge < -0.3 is 18.5 Å². The van der Waals surface area contributed by atoms with Crippen molar-refractivity contribution in [1.82, 2.24) is 9.13 Å². The third-order valence-electron chi connectivity index (χ3n) is 15.2. The van der Waals surface area contributed by atoms with Crippen LogP contribution >= 0.6 is 0 Å². The lowest BCUT2D eigenvalue weighted by molar-refractivity contribution is 0.591. The Balaban J connectivity index is 1.10. The number of fused-ring (bicyclic) bond motifs is 13. The minimum Gasteiger partial charge on any atom is -0.456 e. The van der Waals surface area contributed by atoms with Crippen molar-refractivity contribution in [2.24, 2.45) is 0 Å². The van der Waals surface area contributed by atoms with E-state index in [1.165, 1.54) is 99.2 Å². The first-order valence-corrected chi connectivity index (χ1v) is 24.1. The molecule has 0 saturated carbocycles. The molecule has 4 nitrogen and oxygen atoms in total. The molecule has 0 unspecified atom stereocenters. The van der Waals surface area contributed by atoms with E-state index < -0.39 is 0 Å². The van der Waals surface area contributed by atoms with Crippen LogP contribution in [-0.4, -0.2) is 15.8 Å². The molecule has 69 heavy (non-hydrogen) atoms. The van der Waals surface area contributed by atoms with Crippen LogP contribution in [0, 0.1) is 0 Å². The van der Waals surface area contributed by atoms with Crippen LogP contribution in [0.3, 0.4) is 0 Å². The first-order chi connectivity index (χ1) is 33.9. The molecule has 10 aromatic carbocycles. The maximum atomic E-state index is 6.81. The van der Waals surface area contributed by atoms with Crippen LogP contribution in [-0.2, 0) is 5.41 Å². The topological polar surface area (TPSA) is 26.2 Å². The Labute approximate surface area is 400 Å². The number of benzene rings is 10. The number of furan rings is 1. The monoisotopic (exact) mass is 881 g/mol. The van der Waals surface area contributed by atoms with Crippen LogP contribution in [0.25, 0.3) is 99.2 Å². The summed E-state index contributed by atoms with van der Waals surface area (Å²) in [4.78, 5) is 2.62. The van der Waals surface area contributed by atoms with E-state index in [1.54, 1.807) is 0 Å². The van der Waals surface area contributed by atoms with Gasteiger partial charge in [0.05, 0.1) is 22.2 Å². The van der Waals surface area contributed by atoms with Gasteiger partial charge in [0.2, 0.25) is 0 Å². The molecule has 5 heteroatoms. The summed E-state index contributed by atoms with van der Waals surface area (Å²) < 4.78 is 11.8. The Morgan fingerprint density at radius 2 is 1.00 bits per heavy atom. The van der Waals surface area contributed by atoms with Crippen molar-refractivity contribution >= 4 is 106 Å². The van der Waals surface area contributed by atoms with Crippen molar-refractivity contribution in [3.05, 3.63) is 218 Å². The van der Waals surface area contributed by atoms with Crippen molar-refractivity contribution in [2.45, 2.75) is 26.2 Å². The first-order valence-electron chi connectivity index (χ1n) is 24.1. The van der Waals surface area contributed by atoms with E-state index in [0.29, 0.717) is 0 Å². The predicted molar refractivity (Wildman–Crippen MR) is 291 cm³/mol. The highest BCUT2D eigenvalue weighted by atomic mass is 16.3. The average molecular weight is 882 g/mol. The second-order valence-electron chi connectivity index (χ2n) is 20.0. The smallest absolute Gasteiger partial charge is 0.252 e. The van der Waals surface area contributed by atoms with E-state index in [1.807, 2.05) is 0 Å². The molecule has 5 heterocycles. The van der Waals surface area contributed by atoms with Gasteiger partial charge in [-0.1, -0.05) is 160 Å². The number of rotatable bonds is 4. The van der Waals surface area contributed by atoms with E-state index in [2.05, 4.69) is 247 Å². The summed E-state index contributed by atoms with van der Waals surface area (Å²) in [5.74, 6) is 0. The normalized spacial score (nSPS) is 13.1. The van der Waals surface area contributed by atoms with Gasteiger partial charge in [-0.05, 0) is 111 Å². The second kappa shape index (κ2) is 14.0. The molecule has 0 spiro atoms. The van der Waals surface area contributed by atoms with Crippen LogP contribution in [0.4, 0.5) is 17.1 Å². The van der Waals surface area contributed by atoms with Gasteiger partial charge in [-0.3, -0.25) is 0 Å². The number of anilines is 3. The van der Waals surface area contributed by atoms with Gasteiger partial charge in [-0.15, -0.1) is 0 Å². The molecular formula is C64H44BN3O. The average Bonchev–Trinajstić information content (AvgIpc) is 4.04. The quantitative estimate of drug-likeness (QED) is 0.165. The number of hydrogen-bond donors (Lipinski definition) is 0. The second-order valence-corrected chi connectivity index (χ2v) is 20.0. The third kappa shape index (κ3) is 5.36. The van der Waals surface area contributed by atoms with Gasteiger partial charge in [0.15, 0.2) is 0 Å². The van der Waals surface area contributed by atoms with E-state index >= 15 is 0 Å². The highest BCUT2D eigenvalue weighted by molar-refractivity contribution is 7.00. The molecule has 13 aromatic rings. The highest BCUT2D eigenvalue weighted by Crippen LogP contribution is 2.51. The van der Waals surface area contributed by atoms with Gasteiger partial charge in [-0.25, -0.2) is 0 Å². The first kappa shape index (κ1) is 38.6. The maximum absolute atomic E-state index is 6.81. The number of para-hydroxylation sites is 4. The minimum absolute atomic E-state index is 0.0665. The molecule has 0 N–H and O–H groups in total. The Kier molecular flexibility index (Phi) is 7.83. The van der Waals surface area contributed by atoms with Gasteiger partial charge in [-0.2, -0.15) is 0 Å². The maximum Gasteiger partial charge on any atom is 0.252 e. The van der Waals surface area contributed by atoms with E-state index in [0.717, 1.165) is 39.0 Å². The Morgan fingerprint density at radius 1 is 0.406 bits per heavy atom. The fourth-order valence-corrected chi connectivity index (χ4v) is 12.2. The van der Waals surface area contributed by atoms with Crippen LogP contribution in [0.15, 0.2) is 217 Å². The van der Waals surface area contributed by atoms with Crippen LogP contribution < -0.4 is 21.3 Å². The summed E-state index contributed by atoms with van der Waals surface area (Å²) >= 11 is 0. The zero-order valence-corrected chi connectivity index (χ0v) is 38.5. The summed E-state index contributed by atoms with van der Waals surface area (Å²) in [5, 5.41) is 7.23. The van der Waals surface area contributed by atoms with Crippen molar-refractivity contribution in [2.75, 3.05) is 4.90 Å². The summed E-state index contributed by atoms with van der Waals surface area (Å²) in [6.45, 7) is 6.91. The van der Waals surface area contributed by atoms with Crippen LogP contribution in [0.1, 0.15) is 26.3 Å². The van der Waals surface area contributed by atoms with Gasteiger partial charge in [0.25, 0.3) is 6.71 Å². The number of nitrogens with zero attached hydrogens (tertiary/aromatic N) is 3. The summed E-state index contributed by atoms with van der Waals surface area (Å²) in [5.41, 5.74) is 22.3. The van der Waals surface area contributed by atoms with E-state index in [9.17, 15) is 0 Å². The molecule has 0 amide bonds. The summed E-state index contributed by atoms with van der Waals surface area (Å²) in [7, 11) is 0. The van der Waals surface area contributed by atoms with Gasteiger partial charge in [0, 0.05) is 71.7 Å². The predicted octanol–water partition coefficient (Wildman–Crippen LogP) is 15.0. The molecule has 0 bridgehead atoms. The van der Waals surface area contributed by atoms with E-state index in [4.69, 9.17) is 4.42 Å². The fourth-order valence-electron chi connectivity index (χ4n) is 12.2. The molecule has 15 rings (SSSR count). The largest absolute Gasteiger partial charge is 0.456 e. The molecule has 3 aromatic heterocycles. The molecule has 0 atom stereocenters. The number of hydrogen-bond acceptors (Lipinski definition) is 2. The molecule has 0 radical (unpaired) electrons. The standard InChI is InChI=1S/C64H44BN3O/c1-64(2,3)41-33-46(39-19-7-4-8-20-39)62(47(34-41)40-21-9-5-10-22-40)68-55-31-18-30-54-61(55)65(52-38-60-50(37-58(52)68)44-26-14-16-32-59(44)69-60)51-28-17-27-45-49-36-56-48(35-57(49)67(54)63(45)51)43-25-13-15-29-53(43)66(56)42-23-11-6-12-24-42/h4-38H,1-3H3. The fraction of sp³-hybridized carbons (Fsp3) is 0.0625. The Hall–Kier alpha value is -8.54. The van der Waals surface area contributed by atoms with Crippen molar-refractivity contribution in [3.8, 4) is 33.6 Å². The Morgan fingerprint density at radius 3 is 1.72 bits per heavy atom. The minimum atomic E-state index is -0.104. The van der Waals surface area contributed by atoms with Crippen LogP contribution in [0.5, 0.6) is 0 Å². The zero-order valence-electron chi connectivity index (χ0n) is 38.5. The molecular weight excluding hydrogens is 838 g/mol. The van der Waals surface area contributed by atoms with Crippen LogP contribution in [0.2, 0.25) is 0 Å². The molecule has 2 aliphatic rings. The van der Waals surface area contributed by atoms with Crippen molar-refractivity contribution in [1.29, 1.82) is 0 Å². The summed E-state index contributed by atoms with van der Waals surface area (Å²) in [6, 6.07) is 78.8. The molecule has 324 valence electrons. The SMILES string of the molecule is CC(C)(C)c1cc(-c2ccccc2)c(N2c3cc4c(cc3B3c5c2cccc5-n2c5cc6c7ccccc7n(-c7ccccc7)c6cc5c5cccc3c52)oc2ccccc24)c(-c2ccccc2)c1. The molecule has 2 aliphatic heterocycles. The van der Waals surface area contributed by atoms with Crippen molar-refractivity contribution < 1.29 is 4.42 Å². The Bertz CT molecular complexity index is 4230. The lowest BCUT2D eigenvalue weighted by atomic mass is 9.33.